The molecule has 2 rings (SSSR count). The normalized spacial score (nSPS) is 11.9. The molecule has 23 heavy (non-hydrogen) atoms. The van der Waals surface area contributed by atoms with Crippen LogP contribution in [0.25, 0.3) is 0 Å². The molecule has 1 atom stereocenters. The summed E-state index contributed by atoms with van der Waals surface area (Å²) in [6.45, 7) is 2.11. The van der Waals surface area contributed by atoms with Crippen molar-refractivity contribution in [3.63, 3.8) is 0 Å². The summed E-state index contributed by atoms with van der Waals surface area (Å²) >= 11 is 0. The third kappa shape index (κ3) is 4.17. The van der Waals surface area contributed by atoms with Crippen LogP contribution in [-0.4, -0.2) is 26.1 Å². The number of nitrogens with one attached hydrogen (secondary N) is 2. The van der Waals surface area contributed by atoms with Gasteiger partial charge < -0.3 is 20.5 Å². The molecule has 2 aromatic rings. The molecular formula is C16H19N3O4. The second-order valence-corrected chi connectivity index (χ2v) is 5.12. The zero-order chi connectivity index (χ0) is 16.8. The van der Waals surface area contributed by atoms with E-state index in [1.54, 1.807) is 0 Å². The summed E-state index contributed by atoms with van der Waals surface area (Å²) in [5.74, 6) is -1.47. The summed E-state index contributed by atoms with van der Waals surface area (Å²) in [6, 6.07) is 9.20. The Morgan fingerprint density at radius 3 is 2.70 bits per heavy atom. The second-order valence-electron chi connectivity index (χ2n) is 5.12. The molecule has 7 nitrogen and oxygen atoms in total. The number of benzene rings is 1. The lowest BCUT2D eigenvalue weighted by Crippen LogP contribution is -2.27. The van der Waals surface area contributed by atoms with E-state index in [2.05, 4.69) is 15.3 Å². The van der Waals surface area contributed by atoms with E-state index in [1.165, 1.54) is 0 Å². The fourth-order valence-corrected chi connectivity index (χ4v) is 2.07. The minimum absolute atomic E-state index is 0.0282. The molecule has 0 saturated heterocycles. The molecule has 0 fully saturated rings. The average molecular weight is 317 g/mol. The smallest absolute Gasteiger partial charge is 0.294 e. The molecule has 122 valence electrons. The van der Waals surface area contributed by atoms with E-state index < -0.39 is 29.0 Å². The van der Waals surface area contributed by atoms with Crippen LogP contribution >= 0.6 is 0 Å². The first kappa shape index (κ1) is 16.7. The molecule has 0 saturated carbocycles. The first-order valence-corrected chi connectivity index (χ1v) is 7.36. The van der Waals surface area contributed by atoms with Gasteiger partial charge in [-0.3, -0.25) is 9.59 Å². The maximum atomic E-state index is 12.2. The van der Waals surface area contributed by atoms with Crippen molar-refractivity contribution in [3.05, 3.63) is 57.8 Å². The number of carbonyl (C=O) groups excluding carboxylic acids is 1. The van der Waals surface area contributed by atoms with E-state index in [1.807, 2.05) is 37.3 Å². The van der Waals surface area contributed by atoms with Crippen LogP contribution < -0.4 is 10.9 Å². The molecule has 0 radical (unpaired) electrons. The zero-order valence-electron chi connectivity index (χ0n) is 12.7. The van der Waals surface area contributed by atoms with Crippen molar-refractivity contribution < 1.29 is 15.0 Å². The van der Waals surface area contributed by atoms with Gasteiger partial charge in [-0.1, -0.05) is 43.7 Å². The molecular weight excluding hydrogens is 298 g/mol. The topological polar surface area (TPSA) is 115 Å². The Hall–Kier alpha value is -2.67. The largest absolute Gasteiger partial charge is 0.501 e. The fourth-order valence-electron chi connectivity index (χ4n) is 2.07. The van der Waals surface area contributed by atoms with Crippen LogP contribution in [0.3, 0.4) is 0 Å². The highest BCUT2D eigenvalue weighted by atomic mass is 16.3. The Labute approximate surface area is 133 Å². The van der Waals surface area contributed by atoms with Gasteiger partial charge in [0.15, 0.2) is 5.69 Å². The SMILES string of the molecule is CCCC(O)c1nc(C(=O)NCc2ccccc2)c(O)c(=O)[nH]1. The molecule has 0 spiro atoms. The zero-order valence-corrected chi connectivity index (χ0v) is 12.7. The number of amides is 1. The average Bonchev–Trinajstić information content (AvgIpc) is 2.56. The number of H-pyrrole nitrogens is 1. The molecule has 1 amide bonds. The quantitative estimate of drug-likeness (QED) is 0.640. The van der Waals surface area contributed by atoms with Gasteiger partial charge in [0.25, 0.3) is 11.5 Å². The van der Waals surface area contributed by atoms with Gasteiger partial charge in [0.05, 0.1) is 0 Å². The van der Waals surface area contributed by atoms with Gasteiger partial charge in [0.2, 0.25) is 5.75 Å². The second kappa shape index (κ2) is 7.55. The molecule has 1 heterocycles. The Morgan fingerprint density at radius 2 is 2.04 bits per heavy atom. The lowest BCUT2D eigenvalue weighted by molar-refractivity contribution is 0.0940. The first-order valence-electron chi connectivity index (χ1n) is 7.36. The van der Waals surface area contributed by atoms with Gasteiger partial charge >= 0.3 is 0 Å². The third-order valence-electron chi connectivity index (χ3n) is 3.30. The highest BCUT2D eigenvalue weighted by molar-refractivity contribution is 5.94. The van der Waals surface area contributed by atoms with Gasteiger partial charge in [-0.25, -0.2) is 4.98 Å². The van der Waals surface area contributed by atoms with E-state index in [9.17, 15) is 19.8 Å². The molecule has 4 N–H and O–H groups in total. The lowest BCUT2D eigenvalue weighted by atomic mass is 10.2. The number of hydrogen-bond donors (Lipinski definition) is 4. The predicted molar refractivity (Wildman–Crippen MR) is 84.0 cm³/mol. The van der Waals surface area contributed by atoms with Crippen molar-refractivity contribution in [1.29, 1.82) is 0 Å². The van der Waals surface area contributed by atoms with Gasteiger partial charge in [0, 0.05) is 6.54 Å². The van der Waals surface area contributed by atoms with Crippen LogP contribution in [0.15, 0.2) is 35.1 Å². The van der Waals surface area contributed by atoms with Crippen molar-refractivity contribution in [2.75, 3.05) is 0 Å². The van der Waals surface area contributed by atoms with E-state index in [-0.39, 0.29) is 12.4 Å². The number of aromatic hydroxyl groups is 1. The number of aliphatic hydroxyl groups excluding tert-OH is 1. The number of nitrogens with zero attached hydrogens (tertiary/aromatic N) is 1. The monoisotopic (exact) mass is 317 g/mol. The Bertz CT molecular complexity index is 728. The summed E-state index contributed by atoms with van der Waals surface area (Å²) in [7, 11) is 0. The van der Waals surface area contributed by atoms with Crippen molar-refractivity contribution in [3.8, 4) is 5.75 Å². The Morgan fingerprint density at radius 1 is 1.35 bits per heavy atom. The van der Waals surface area contributed by atoms with Crippen molar-refractivity contribution in [2.45, 2.75) is 32.4 Å². The van der Waals surface area contributed by atoms with Crippen LogP contribution in [0.2, 0.25) is 0 Å². The van der Waals surface area contributed by atoms with Crippen LogP contribution in [0.1, 0.15) is 47.7 Å². The number of rotatable bonds is 6. The summed E-state index contributed by atoms with van der Waals surface area (Å²) in [5, 5.41) is 22.2. The van der Waals surface area contributed by atoms with Crippen LogP contribution in [-0.2, 0) is 6.54 Å². The minimum atomic E-state index is -0.992. The number of aliphatic hydroxyl groups is 1. The molecule has 1 aromatic carbocycles. The number of aromatic nitrogens is 2. The van der Waals surface area contributed by atoms with Gasteiger partial charge in [0.1, 0.15) is 11.9 Å². The Kier molecular flexibility index (Phi) is 5.48. The molecule has 0 aliphatic heterocycles. The molecule has 1 aromatic heterocycles. The highest BCUT2D eigenvalue weighted by Crippen LogP contribution is 2.16. The Balaban J connectivity index is 2.20. The van der Waals surface area contributed by atoms with Gasteiger partial charge in [-0.2, -0.15) is 0 Å². The third-order valence-corrected chi connectivity index (χ3v) is 3.30. The van der Waals surface area contributed by atoms with Crippen LogP contribution in [0, 0.1) is 0 Å². The fraction of sp³-hybridized carbons (Fsp3) is 0.312. The highest BCUT2D eigenvalue weighted by Gasteiger charge is 2.20. The van der Waals surface area contributed by atoms with Gasteiger partial charge in [-0.05, 0) is 12.0 Å². The van der Waals surface area contributed by atoms with E-state index >= 15 is 0 Å². The first-order chi connectivity index (χ1) is 11.0. The summed E-state index contributed by atoms with van der Waals surface area (Å²) in [5.41, 5.74) is -0.374. The molecule has 0 bridgehead atoms. The number of carbonyl (C=O) groups is 1. The van der Waals surface area contributed by atoms with Gasteiger partial charge in [-0.15, -0.1) is 0 Å². The summed E-state index contributed by atoms with van der Waals surface area (Å²) in [4.78, 5) is 30.0. The molecule has 1 unspecified atom stereocenters. The number of hydrogen-bond acceptors (Lipinski definition) is 5. The summed E-state index contributed by atoms with van der Waals surface area (Å²) in [6.07, 6.45) is 0.0778. The van der Waals surface area contributed by atoms with Crippen LogP contribution in [0.4, 0.5) is 0 Å². The summed E-state index contributed by atoms with van der Waals surface area (Å²) < 4.78 is 0. The molecule has 0 aliphatic rings. The van der Waals surface area contributed by atoms with E-state index in [0.29, 0.717) is 12.8 Å². The van der Waals surface area contributed by atoms with Crippen molar-refractivity contribution >= 4 is 5.91 Å². The molecule has 7 heteroatoms. The van der Waals surface area contributed by atoms with E-state index in [4.69, 9.17) is 0 Å². The van der Waals surface area contributed by atoms with Crippen molar-refractivity contribution in [1.82, 2.24) is 15.3 Å². The van der Waals surface area contributed by atoms with Crippen LogP contribution in [0.5, 0.6) is 5.75 Å². The maximum absolute atomic E-state index is 12.2. The predicted octanol–water partition coefficient (Wildman–Crippen LogP) is 1.24. The van der Waals surface area contributed by atoms with E-state index in [0.717, 1.165) is 5.56 Å². The molecule has 0 aliphatic carbocycles. The lowest BCUT2D eigenvalue weighted by Gasteiger charge is -2.11. The maximum Gasteiger partial charge on any atom is 0.294 e. The standard InChI is InChI=1S/C16H19N3O4/c1-2-6-11(20)14-18-12(13(21)16(23)19-14)15(22)17-9-10-7-4-3-5-8-10/h3-5,7-8,11,20-21H,2,6,9H2,1H3,(H,17,22)(H,18,19,23). The number of aromatic amines is 1. The van der Waals surface area contributed by atoms with Crippen molar-refractivity contribution in [2.24, 2.45) is 0 Å². The minimum Gasteiger partial charge on any atom is -0.501 e.